The lowest BCUT2D eigenvalue weighted by atomic mass is 9.63. The average molecular weight is 425 g/mol. The number of rotatable bonds is 5. The summed E-state index contributed by atoms with van der Waals surface area (Å²) in [4.78, 5) is 31.0. The number of hydrogen-bond donors (Lipinski definition) is 0. The molecule has 1 heterocycles. The third kappa shape index (κ3) is 4.36. The van der Waals surface area contributed by atoms with Crippen molar-refractivity contribution in [1.29, 1.82) is 0 Å². The molecule has 0 bridgehead atoms. The van der Waals surface area contributed by atoms with Gasteiger partial charge in [0.1, 0.15) is 52.8 Å². The molecule has 0 aliphatic rings. The monoisotopic (exact) mass is 426 g/mol. The Kier molecular flexibility index (Phi) is 7.90. The highest BCUT2D eigenvalue weighted by Crippen LogP contribution is 2.21. The van der Waals surface area contributed by atoms with E-state index in [2.05, 4.69) is 20.7 Å². The lowest BCUT2D eigenvalue weighted by molar-refractivity contribution is -0.135. The number of aromatic nitrogens is 1. The number of nitrogens with zero attached hydrogens (tertiary/aromatic N) is 2. The Hall–Kier alpha value is -1.95. The van der Waals surface area contributed by atoms with Gasteiger partial charge in [-0.1, -0.05) is 33.5 Å². The first-order valence-corrected chi connectivity index (χ1v) is 10.4. The van der Waals surface area contributed by atoms with Crippen LogP contribution < -0.4 is 37.6 Å². The fourth-order valence-electron chi connectivity index (χ4n) is 3.95. The van der Waals surface area contributed by atoms with Crippen molar-refractivity contribution in [2.24, 2.45) is 0 Å². The van der Waals surface area contributed by atoms with Gasteiger partial charge in [0.2, 0.25) is 7.98 Å². The zero-order valence-corrected chi connectivity index (χ0v) is 20.7. The van der Waals surface area contributed by atoms with Crippen LogP contribution in [0.15, 0.2) is 0 Å². The number of amides is 1. The minimum atomic E-state index is -0.757. The van der Waals surface area contributed by atoms with Crippen LogP contribution in [0.5, 0.6) is 5.75 Å². The van der Waals surface area contributed by atoms with Crippen LogP contribution in [0, 0.1) is 0 Å². The summed E-state index contributed by atoms with van der Waals surface area (Å²) in [6.07, 6.45) is 0. The number of halogens is 1. The van der Waals surface area contributed by atoms with Crippen molar-refractivity contribution in [3.05, 3.63) is 10.7 Å². The van der Waals surface area contributed by atoms with Crippen molar-refractivity contribution in [3.63, 3.8) is 0 Å². The van der Waals surface area contributed by atoms with E-state index in [1.54, 1.807) is 15.8 Å². The van der Waals surface area contributed by atoms with Gasteiger partial charge in [0.25, 0.3) is 5.91 Å². The minimum Gasteiger partial charge on any atom is -0.567 e. The molecule has 0 saturated carbocycles. The van der Waals surface area contributed by atoms with Gasteiger partial charge >= 0.3 is 22.1 Å². The molecule has 1 unspecified atom stereocenters. The highest BCUT2D eigenvalue weighted by atomic mass is 35.5. The summed E-state index contributed by atoms with van der Waals surface area (Å²) < 4.78 is 10.4. The van der Waals surface area contributed by atoms with Gasteiger partial charge in [0.15, 0.2) is 13.5 Å². The fourth-order valence-corrected chi connectivity index (χ4v) is 4.19. The van der Waals surface area contributed by atoms with Gasteiger partial charge in [-0.15, -0.1) is 0 Å². The molecule has 2 aromatic rings. The first kappa shape index (κ1) is 25.3. The third-order valence-electron chi connectivity index (χ3n) is 6.21. The topological polar surface area (TPSA) is 68.7 Å². The van der Waals surface area contributed by atoms with Crippen LogP contribution in [0.2, 0.25) is 5.02 Å². The quantitative estimate of drug-likeness (QED) is 0.446. The van der Waals surface area contributed by atoms with E-state index in [0.29, 0.717) is 11.3 Å². The van der Waals surface area contributed by atoms with Crippen molar-refractivity contribution in [2.75, 3.05) is 0 Å². The van der Waals surface area contributed by atoms with E-state index in [4.69, 9.17) is 20.9 Å². The second kappa shape index (κ2) is 9.68. The van der Waals surface area contributed by atoms with Gasteiger partial charge < -0.3 is 14.1 Å². The zero-order valence-electron chi connectivity index (χ0n) is 20.0. The van der Waals surface area contributed by atoms with Crippen molar-refractivity contribution in [1.82, 2.24) is 9.79 Å². The third-order valence-corrected chi connectivity index (χ3v) is 6.77. The normalized spacial score (nSPS) is 11.5. The van der Waals surface area contributed by atoms with Crippen molar-refractivity contribution in [2.45, 2.75) is 5.94 Å². The molecule has 0 aliphatic heterocycles. The van der Waals surface area contributed by atoms with Crippen molar-refractivity contribution in [3.8, 4) is 16.9 Å². The molecule has 148 valence electrons. The summed E-state index contributed by atoms with van der Waals surface area (Å²) in [5.41, 5.74) is 7.80. The van der Waals surface area contributed by atoms with Crippen LogP contribution in [-0.4, -0.2) is 107 Å². The van der Waals surface area contributed by atoms with Crippen LogP contribution in [0.4, 0.5) is 0 Å². The van der Waals surface area contributed by atoms with E-state index in [1.165, 1.54) is 20.9 Å². The maximum atomic E-state index is 13.2. The van der Waals surface area contributed by atoms with Gasteiger partial charge in [-0.3, -0.25) is 14.6 Å². The largest absolute Gasteiger partial charge is 0.567 e. The average Bonchev–Trinajstić information content (AvgIpc) is 2.75. The smallest absolute Gasteiger partial charge is 0.326 e. The summed E-state index contributed by atoms with van der Waals surface area (Å²) >= 11 is 6.63. The van der Waals surface area contributed by atoms with E-state index in [9.17, 15) is 9.59 Å². The molecule has 0 spiro atoms. The first-order valence-electron chi connectivity index (χ1n) is 10.1. The van der Waals surface area contributed by atoms with Crippen LogP contribution >= 0.6 is 11.6 Å². The number of hydrogen-bond acceptors (Lipinski definition) is 5. The first-order chi connectivity index (χ1) is 14.4. The fraction of sp³-hybridized carbons (Fsp3) is 0.0714. The highest BCUT2D eigenvalue weighted by molar-refractivity contribution is 6.66. The summed E-state index contributed by atoms with van der Waals surface area (Å²) in [5, 5.41) is 0.725. The van der Waals surface area contributed by atoms with E-state index in [-0.39, 0.29) is 5.69 Å². The predicted molar refractivity (Wildman–Crippen MR) is 155 cm³/mol. The molecule has 0 saturated heterocycles. The Balaban J connectivity index is 2.77. The van der Waals surface area contributed by atoms with E-state index < -0.39 is 17.8 Å². The molecule has 1 aromatic carbocycles. The van der Waals surface area contributed by atoms with Crippen LogP contribution in [0.1, 0.15) is 10.5 Å². The molecule has 0 fully saturated rings. The standard InChI is InChI=1S/C14H21B10ClN2O4/c15-3-1(4(16)8(25)7(19)6(3)18)2-5(17)10(30-23)9(26-11(2)20)13(28)27(22)12(21)14(29)31-24/h12H,15-24H2. The maximum absolute atomic E-state index is 13.2. The van der Waals surface area contributed by atoms with Gasteiger partial charge in [0.05, 0.1) is 5.94 Å². The van der Waals surface area contributed by atoms with Crippen LogP contribution in [-0.2, 0) is 9.45 Å². The van der Waals surface area contributed by atoms with Gasteiger partial charge in [-0.2, -0.15) is 0 Å². The number of benzene rings is 1. The number of carbonyl (C=O) groups excluding carboxylic acids is 2. The molecular weight excluding hydrogens is 404 g/mol. The van der Waals surface area contributed by atoms with E-state index in [1.807, 2.05) is 31.4 Å². The lowest BCUT2D eigenvalue weighted by Crippen LogP contribution is -2.48. The number of carbonyl (C=O) groups is 2. The summed E-state index contributed by atoms with van der Waals surface area (Å²) in [7, 11) is 17.8. The molecule has 0 radical (unpaired) electrons. The summed E-state index contributed by atoms with van der Waals surface area (Å²) in [5.74, 6) is -1.30. The molecule has 31 heavy (non-hydrogen) atoms. The van der Waals surface area contributed by atoms with Crippen LogP contribution in [0.25, 0.3) is 11.1 Å². The molecule has 1 atom stereocenters. The summed E-state index contributed by atoms with van der Waals surface area (Å²) in [6.45, 7) is 0. The number of pyridine rings is 1. The minimum absolute atomic E-state index is 0.157. The second-order valence-electron chi connectivity index (χ2n) is 7.88. The Bertz CT molecular complexity index is 1060. The van der Waals surface area contributed by atoms with Crippen LogP contribution in [0.3, 0.4) is 0 Å². The van der Waals surface area contributed by atoms with Crippen molar-refractivity contribution < 1.29 is 18.9 Å². The maximum Gasteiger partial charge on any atom is 0.326 e. The van der Waals surface area contributed by atoms with Gasteiger partial charge in [-0.25, -0.2) is 0 Å². The lowest BCUT2D eigenvalue weighted by Gasteiger charge is -2.27. The van der Waals surface area contributed by atoms with Gasteiger partial charge in [0, 0.05) is 10.6 Å². The second-order valence-corrected chi connectivity index (χ2v) is 8.26. The molecule has 0 N–H and O–H groups in total. The predicted octanol–water partition coefficient (Wildman–Crippen LogP) is -12.1. The molecule has 0 aliphatic carbocycles. The molecule has 1 aromatic heterocycles. The Morgan fingerprint density at radius 1 is 0.903 bits per heavy atom. The summed E-state index contributed by atoms with van der Waals surface area (Å²) in [6, 6.07) is 0. The zero-order chi connectivity index (χ0) is 23.8. The Morgan fingerprint density at radius 2 is 1.48 bits per heavy atom. The molecule has 1 amide bonds. The molecular formula is C14H21B10ClN2O4. The highest BCUT2D eigenvalue weighted by Gasteiger charge is 2.29. The van der Waals surface area contributed by atoms with E-state index >= 15 is 0 Å². The molecule has 2 rings (SSSR count). The van der Waals surface area contributed by atoms with Crippen molar-refractivity contribution >= 4 is 135 Å². The Morgan fingerprint density at radius 3 is 2.00 bits per heavy atom. The Labute approximate surface area is 197 Å². The molecule has 6 nitrogen and oxygen atoms in total. The van der Waals surface area contributed by atoms with E-state index in [0.717, 1.165) is 43.5 Å². The SMILES string of the molecule is BOC(=O)C(B)N(B)C(=O)c1nc(B)c(-c2c(B)c(B)c(B)c(Cl)c2B)c(B)c1OB. The van der Waals surface area contributed by atoms with Gasteiger partial charge in [-0.05, 0) is 16.6 Å². The molecule has 17 heteroatoms.